The second-order valence-corrected chi connectivity index (χ2v) is 8.94. The summed E-state index contributed by atoms with van der Waals surface area (Å²) in [5.74, 6) is 1.66. The van der Waals surface area contributed by atoms with Crippen LogP contribution in [0.2, 0.25) is 0 Å². The molecule has 1 atom stereocenters. The minimum atomic E-state index is 0.0412. The number of likely N-dealkylation sites (tertiary alicyclic amines) is 2. The fourth-order valence-electron chi connectivity index (χ4n) is 4.94. The SMILES string of the molecule is O=C(c1cccc(NCC(=O)N2CCCC2c2ccc3c(c2)OCCCO3)c1)N1CCCC1. The van der Waals surface area contributed by atoms with Crippen LogP contribution in [0.1, 0.15) is 54.1 Å². The van der Waals surface area contributed by atoms with Gasteiger partial charge in [0.15, 0.2) is 11.5 Å². The van der Waals surface area contributed by atoms with E-state index in [1.165, 1.54) is 0 Å². The largest absolute Gasteiger partial charge is 0.490 e. The molecule has 7 heteroatoms. The molecule has 0 bridgehead atoms. The lowest BCUT2D eigenvalue weighted by Gasteiger charge is -2.26. The van der Waals surface area contributed by atoms with Crippen molar-refractivity contribution >= 4 is 17.5 Å². The molecular formula is C26H31N3O4. The van der Waals surface area contributed by atoms with E-state index in [4.69, 9.17) is 9.47 Å². The number of benzene rings is 2. The molecule has 2 aromatic carbocycles. The minimum absolute atomic E-state index is 0.0412. The van der Waals surface area contributed by atoms with E-state index in [1.807, 2.05) is 52.3 Å². The maximum atomic E-state index is 13.1. The average molecular weight is 450 g/mol. The van der Waals surface area contributed by atoms with E-state index in [2.05, 4.69) is 5.32 Å². The molecular weight excluding hydrogens is 418 g/mol. The van der Waals surface area contributed by atoms with Crippen LogP contribution in [0.5, 0.6) is 11.5 Å². The molecule has 0 aliphatic carbocycles. The summed E-state index contributed by atoms with van der Waals surface area (Å²) in [5, 5.41) is 3.23. The average Bonchev–Trinajstić information content (AvgIpc) is 3.51. The van der Waals surface area contributed by atoms with Gasteiger partial charge < -0.3 is 24.6 Å². The van der Waals surface area contributed by atoms with Crippen molar-refractivity contribution in [1.82, 2.24) is 9.80 Å². The van der Waals surface area contributed by atoms with Crippen molar-refractivity contribution in [2.75, 3.05) is 44.7 Å². The zero-order valence-corrected chi connectivity index (χ0v) is 18.9. The van der Waals surface area contributed by atoms with Crippen LogP contribution in [0.25, 0.3) is 0 Å². The lowest BCUT2D eigenvalue weighted by atomic mass is 10.0. The zero-order valence-electron chi connectivity index (χ0n) is 18.9. The topological polar surface area (TPSA) is 71.1 Å². The number of hydrogen-bond donors (Lipinski definition) is 1. The number of fused-ring (bicyclic) bond motifs is 1. The summed E-state index contributed by atoms with van der Waals surface area (Å²) >= 11 is 0. The van der Waals surface area contributed by atoms with Crippen molar-refractivity contribution in [3.8, 4) is 11.5 Å². The van der Waals surface area contributed by atoms with Crippen LogP contribution in [0, 0.1) is 0 Å². The van der Waals surface area contributed by atoms with Crippen molar-refractivity contribution in [3.05, 3.63) is 53.6 Å². The Kier molecular flexibility index (Phi) is 6.37. The van der Waals surface area contributed by atoms with Crippen molar-refractivity contribution in [2.24, 2.45) is 0 Å². The quantitative estimate of drug-likeness (QED) is 0.751. The standard InChI is InChI=1S/C26H31N3O4/c30-25(18-27-21-7-3-6-20(16-21)26(31)28-11-1-2-12-28)29-13-4-8-22(29)19-9-10-23-24(17-19)33-15-5-14-32-23/h3,6-7,9-10,16-17,22,27H,1-2,4-5,8,11-15,18H2. The molecule has 0 aromatic heterocycles. The van der Waals surface area contributed by atoms with Crippen LogP contribution in [-0.4, -0.2) is 61.0 Å². The highest BCUT2D eigenvalue weighted by molar-refractivity contribution is 5.95. The van der Waals surface area contributed by atoms with Crippen LogP contribution in [-0.2, 0) is 4.79 Å². The predicted molar refractivity (Wildman–Crippen MR) is 126 cm³/mol. The molecule has 2 saturated heterocycles. The van der Waals surface area contributed by atoms with Gasteiger partial charge in [-0.1, -0.05) is 12.1 Å². The van der Waals surface area contributed by atoms with Gasteiger partial charge in [0.1, 0.15) is 0 Å². The number of ether oxygens (including phenoxy) is 2. The summed E-state index contributed by atoms with van der Waals surface area (Å²) in [4.78, 5) is 29.6. The minimum Gasteiger partial charge on any atom is -0.490 e. The summed E-state index contributed by atoms with van der Waals surface area (Å²) in [5.41, 5.74) is 2.55. The van der Waals surface area contributed by atoms with E-state index in [0.29, 0.717) is 18.8 Å². The number of nitrogens with zero attached hydrogens (tertiary/aromatic N) is 2. The van der Waals surface area contributed by atoms with Gasteiger partial charge >= 0.3 is 0 Å². The van der Waals surface area contributed by atoms with Crippen molar-refractivity contribution in [3.63, 3.8) is 0 Å². The van der Waals surface area contributed by atoms with E-state index in [9.17, 15) is 9.59 Å². The number of hydrogen-bond acceptors (Lipinski definition) is 5. The molecule has 7 nitrogen and oxygen atoms in total. The van der Waals surface area contributed by atoms with E-state index in [-0.39, 0.29) is 24.4 Å². The smallest absolute Gasteiger partial charge is 0.253 e. The lowest BCUT2D eigenvalue weighted by Crippen LogP contribution is -2.35. The third-order valence-corrected chi connectivity index (χ3v) is 6.68. The second kappa shape index (κ2) is 9.73. The van der Waals surface area contributed by atoms with Crippen LogP contribution in [0.4, 0.5) is 5.69 Å². The summed E-state index contributed by atoms with van der Waals surface area (Å²) in [6, 6.07) is 13.5. The van der Waals surface area contributed by atoms with Gasteiger partial charge in [-0.15, -0.1) is 0 Å². The first kappa shape index (κ1) is 21.6. The van der Waals surface area contributed by atoms with Crippen LogP contribution in [0.15, 0.2) is 42.5 Å². The summed E-state index contributed by atoms with van der Waals surface area (Å²) in [7, 11) is 0. The first-order valence-corrected chi connectivity index (χ1v) is 12.0. The third kappa shape index (κ3) is 4.77. The Morgan fingerprint density at radius 1 is 0.909 bits per heavy atom. The molecule has 174 valence electrons. The molecule has 3 aliphatic heterocycles. The highest BCUT2D eigenvalue weighted by atomic mass is 16.5. The molecule has 0 radical (unpaired) electrons. The molecule has 1 unspecified atom stereocenters. The Balaban J connectivity index is 1.23. The Bertz CT molecular complexity index is 1020. The first-order chi connectivity index (χ1) is 16.2. The Morgan fingerprint density at radius 3 is 2.58 bits per heavy atom. The molecule has 5 rings (SSSR count). The highest BCUT2D eigenvalue weighted by Crippen LogP contribution is 2.38. The maximum Gasteiger partial charge on any atom is 0.253 e. The molecule has 2 fully saturated rings. The van der Waals surface area contributed by atoms with Gasteiger partial charge in [-0.3, -0.25) is 9.59 Å². The Hall–Kier alpha value is -3.22. The lowest BCUT2D eigenvalue weighted by molar-refractivity contribution is -0.130. The number of anilines is 1. The number of carbonyl (C=O) groups excluding carboxylic acids is 2. The number of nitrogens with one attached hydrogen (secondary N) is 1. The third-order valence-electron chi connectivity index (χ3n) is 6.68. The van der Waals surface area contributed by atoms with Gasteiger partial charge in [-0.2, -0.15) is 0 Å². The Labute approximate surface area is 194 Å². The monoisotopic (exact) mass is 449 g/mol. The second-order valence-electron chi connectivity index (χ2n) is 8.94. The molecule has 3 heterocycles. The van der Waals surface area contributed by atoms with E-state index >= 15 is 0 Å². The predicted octanol–water partition coefficient (Wildman–Crippen LogP) is 3.86. The maximum absolute atomic E-state index is 13.1. The van der Waals surface area contributed by atoms with E-state index in [0.717, 1.165) is 74.5 Å². The fraction of sp³-hybridized carbons (Fsp3) is 0.462. The first-order valence-electron chi connectivity index (χ1n) is 12.0. The fourth-order valence-corrected chi connectivity index (χ4v) is 4.94. The molecule has 3 aliphatic rings. The zero-order chi connectivity index (χ0) is 22.6. The van der Waals surface area contributed by atoms with E-state index in [1.54, 1.807) is 0 Å². The number of rotatable bonds is 5. The summed E-state index contributed by atoms with van der Waals surface area (Å²) < 4.78 is 11.6. The van der Waals surface area contributed by atoms with Gasteiger partial charge in [0.25, 0.3) is 5.91 Å². The van der Waals surface area contributed by atoms with Gasteiger partial charge in [0.05, 0.1) is 25.8 Å². The number of carbonyl (C=O) groups is 2. The molecule has 0 saturated carbocycles. The van der Waals surface area contributed by atoms with Crippen LogP contribution in [0.3, 0.4) is 0 Å². The Morgan fingerprint density at radius 2 is 1.73 bits per heavy atom. The van der Waals surface area contributed by atoms with E-state index < -0.39 is 0 Å². The van der Waals surface area contributed by atoms with Gasteiger partial charge in [-0.25, -0.2) is 0 Å². The molecule has 0 spiro atoms. The molecule has 2 amide bonds. The molecule has 2 aromatic rings. The summed E-state index contributed by atoms with van der Waals surface area (Å²) in [6.07, 6.45) is 4.92. The van der Waals surface area contributed by atoms with Crippen molar-refractivity contribution in [2.45, 2.75) is 38.1 Å². The highest BCUT2D eigenvalue weighted by Gasteiger charge is 2.30. The van der Waals surface area contributed by atoms with Gasteiger partial charge in [-0.05, 0) is 61.6 Å². The van der Waals surface area contributed by atoms with Gasteiger partial charge in [0.2, 0.25) is 5.91 Å². The van der Waals surface area contributed by atoms with Crippen molar-refractivity contribution < 1.29 is 19.1 Å². The van der Waals surface area contributed by atoms with Crippen LogP contribution >= 0.6 is 0 Å². The molecule has 1 N–H and O–H groups in total. The number of amides is 2. The van der Waals surface area contributed by atoms with Crippen molar-refractivity contribution in [1.29, 1.82) is 0 Å². The normalized spacial score (nSPS) is 19.9. The summed E-state index contributed by atoms with van der Waals surface area (Å²) in [6.45, 7) is 3.90. The van der Waals surface area contributed by atoms with Gasteiger partial charge in [0, 0.05) is 37.3 Å². The molecule has 33 heavy (non-hydrogen) atoms. The van der Waals surface area contributed by atoms with Crippen LogP contribution < -0.4 is 14.8 Å².